The van der Waals surface area contributed by atoms with Gasteiger partial charge in [-0.1, -0.05) is 61.8 Å². The molecule has 2 aromatic rings. The van der Waals surface area contributed by atoms with Crippen molar-refractivity contribution in [2.45, 2.75) is 58.3 Å². The highest BCUT2D eigenvalue weighted by Gasteiger charge is 2.23. The summed E-state index contributed by atoms with van der Waals surface area (Å²) >= 11 is 6.12. The molecule has 6 nitrogen and oxygen atoms in total. The summed E-state index contributed by atoms with van der Waals surface area (Å²) in [6.45, 7) is 5.99. The number of aryl methyl sites for hydroxylation is 1. The van der Waals surface area contributed by atoms with Crippen molar-refractivity contribution in [1.29, 1.82) is 0 Å². The van der Waals surface area contributed by atoms with Crippen molar-refractivity contribution in [2.24, 2.45) is 0 Å². The second-order valence-electron chi connectivity index (χ2n) is 7.82. The zero-order chi connectivity index (χ0) is 22.8. The maximum atomic E-state index is 12.8. The highest BCUT2D eigenvalue weighted by Crippen LogP contribution is 2.24. The van der Waals surface area contributed by atoms with Crippen LogP contribution in [0.1, 0.15) is 38.3 Å². The van der Waals surface area contributed by atoms with Crippen LogP contribution in [-0.4, -0.2) is 37.0 Å². The van der Waals surface area contributed by atoms with Crippen molar-refractivity contribution in [3.05, 3.63) is 64.7 Å². The van der Waals surface area contributed by atoms with Crippen LogP contribution in [0.3, 0.4) is 0 Å². The van der Waals surface area contributed by atoms with Crippen LogP contribution < -0.4 is 20.7 Å². The molecule has 168 valence electrons. The van der Waals surface area contributed by atoms with Gasteiger partial charge in [0.25, 0.3) is 0 Å². The minimum Gasteiger partial charge on any atom is -0.495 e. The first-order valence-corrected chi connectivity index (χ1v) is 10.9. The third-order valence-corrected chi connectivity index (χ3v) is 5.15. The van der Waals surface area contributed by atoms with Crippen molar-refractivity contribution in [3.63, 3.8) is 0 Å². The molecule has 0 aliphatic rings. The van der Waals surface area contributed by atoms with E-state index in [9.17, 15) is 9.59 Å². The lowest BCUT2D eigenvalue weighted by Crippen LogP contribution is -2.52. The van der Waals surface area contributed by atoms with Crippen LogP contribution in [0, 0.1) is 0 Å². The van der Waals surface area contributed by atoms with E-state index in [1.807, 2.05) is 50.2 Å². The third-order valence-electron chi connectivity index (χ3n) is 4.85. The van der Waals surface area contributed by atoms with Gasteiger partial charge in [-0.2, -0.15) is 0 Å². The first-order valence-electron chi connectivity index (χ1n) is 10.5. The van der Waals surface area contributed by atoms with Crippen molar-refractivity contribution in [2.75, 3.05) is 7.11 Å². The van der Waals surface area contributed by atoms with Crippen LogP contribution in [0.4, 0.5) is 0 Å². The standard InChI is InChI=1S/C24H32ClN3O3/c1-16(2)27-21(12-10-18-8-6-5-7-9-18)24(30)28-17(3)23(29)26-15-19-11-13-22(31-4)20(25)14-19/h5-9,11,13-14,16-17,21,27H,10,12,15H2,1-4H3,(H,26,29)(H,28,30)/t17-,21+/m0/s1. The molecule has 0 aliphatic carbocycles. The van der Waals surface area contributed by atoms with Gasteiger partial charge in [0.15, 0.2) is 0 Å². The second-order valence-corrected chi connectivity index (χ2v) is 8.22. The van der Waals surface area contributed by atoms with E-state index in [0.717, 1.165) is 12.0 Å². The Morgan fingerprint density at radius 3 is 2.32 bits per heavy atom. The number of methoxy groups -OCH3 is 1. The van der Waals surface area contributed by atoms with E-state index in [1.54, 1.807) is 26.2 Å². The number of amides is 2. The number of halogens is 1. The van der Waals surface area contributed by atoms with Gasteiger partial charge >= 0.3 is 0 Å². The van der Waals surface area contributed by atoms with E-state index < -0.39 is 6.04 Å². The summed E-state index contributed by atoms with van der Waals surface area (Å²) in [6.07, 6.45) is 1.42. The molecule has 31 heavy (non-hydrogen) atoms. The van der Waals surface area contributed by atoms with Crippen LogP contribution in [-0.2, 0) is 22.6 Å². The van der Waals surface area contributed by atoms with Gasteiger partial charge < -0.3 is 20.7 Å². The molecule has 0 radical (unpaired) electrons. The molecule has 0 unspecified atom stereocenters. The minimum absolute atomic E-state index is 0.149. The van der Waals surface area contributed by atoms with Crippen molar-refractivity contribution in [1.82, 2.24) is 16.0 Å². The second kappa shape index (κ2) is 12.3. The van der Waals surface area contributed by atoms with E-state index in [1.165, 1.54) is 5.56 Å². The van der Waals surface area contributed by atoms with Gasteiger partial charge in [0, 0.05) is 12.6 Å². The number of nitrogens with one attached hydrogen (secondary N) is 3. The number of hydrogen-bond acceptors (Lipinski definition) is 4. The maximum Gasteiger partial charge on any atom is 0.242 e. The van der Waals surface area contributed by atoms with Crippen molar-refractivity contribution < 1.29 is 14.3 Å². The summed E-state index contributed by atoms with van der Waals surface area (Å²) in [5, 5.41) is 9.44. The Labute approximate surface area is 189 Å². The predicted octanol–water partition coefficient (Wildman–Crippen LogP) is 3.47. The first-order chi connectivity index (χ1) is 14.8. The molecule has 2 aromatic carbocycles. The molecule has 0 fully saturated rings. The Morgan fingerprint density at radius 2 is 1.71 bits per heavy atom. The summed E-state index contributed by atoms with van der Waals surface area (Å²) in [7, 11) is 1.55. The molecule has 3 N–H and O–H groups in total. The summed E-state index contributed by atoms with van der Waals surface area (Å²) in [5.41, 5.74) is 2.02. The summed E-state index contributed by atoms with van der Waals surface area (Å²) < 4.78 is 5.13. The minimum atomic E-state index is -0.658. The quantitative estimate of drug-likeness (QED) is 0.494. The Kier molecular flexibility index (Phi) is 9.82. The molecule has 2 rings (SSSR count). The molecule has 0 saturated carbocycles. The lowest BCUT2D eigenvalue weighted by molar-refractivity contribution is -0.129. The molecular weight excluding hydrogens is 414 g/mol. The highest BCUT2D eigenvalue weighted by molar-refractivity contribution is 6.32. The fraction of sp³-hybridized carbons (Fsp3) is 0.417. The van der Waals surface area contributed by atoms with Crippen LogP contribution in [0.2, 0.25) is 5.02 Å². The molecule has 0 heterocycles. The fourth-order valence-corrected chi connectivity index (χ4v) is 3.47. The SMILES string of the molecule is COc1ccc(CNC(=O)[C@H](C)NC(=O)[C@@H](CCc2ccccc2)NC(C)C)cc1Cl. The normalized spacial score (nSPS) is 12.8. The molecule has 0 bridgehead atoms. The summed E-state index contributed by atoms with van der Waals surface area (Å²) in [6, 6.07) is 14.5. The zero-order valence-electron chi connectivity index (χ0n) is 18.6. The Balaban J connectivity index is 1.89. The van der Waals surface area contributed by atoms with Gasteiger partial charge in [-0.15, -0.1) is 0 Å². The van der Waals surface area contributed by atoms with Crippen LogP contribution in [0.15, 0.2) is 48.5 Å². The third kappa shape index (κ3) is 8.23. The van der Waals surface area contributed by atoms with Gasteiger partial charge in [0.05, 0.1) is 18.2 Å². The lowest BCUT2D eigenvalue weighted by Gasteiger charge is -2.23. The monoisotopic (exact) mass is 445 g/mol. The number of carbonyl (C=O) groups is 2. The fourth-order valence-electron chi connectivity index (χ4n) is 3.19. The van der Waals surface area contributed by atoms with Gasteiger partial charge in [-0.05, 0) is 43.0 Å². The average Bonchev–Trinajstić information content (AvgIpc) is 2.75. The molecular formula is C24H32ClN3O3. The number of carbonyl (C=O) groups excluding carboxylic acids is 2. The Hall–Kier alpha value is -2.57. The Morgan fingerprint density at radius 1 is 1.00 bits per heavy atom. The van der Waals surface area contributed by atoms with Gasteiger partial charge in [-0.3, -0.25) is 9.59 Å². The van der Waals surface area contributed by atoms with Crippen molar-refractivity contribution in [3.8, 4) is 5.75 Å². The summed E-state index contributed by atoms with van der Waals surface area (Å²) in [4.78, 5) is 25.3. The number of ether oxygens (including phenoxy) is 1. The number of hydrogen-bond donors (Lipinski definition) is 3. The smallest absolute Gasteiger partial charge is 0.242 e. The molecule has 0 aliphatic heterocycles. The topological polar surface area (TPSA) is 79.5 Å². The van der Waals surface area contributed by atoms with E-state index in [4.69, 9.17) is 16.3 Å². The molecule has 0 spiro atoms. The summed E-state index contributed by atoms with van der Waals surface area (Å²) in [5.74, 6) is 0.142. The van der Waals surface area contributed by atoms with Crippen LogP contribution in [0.25, 0.3) is 0 Å². The lowest BCUT2D eigenvalue weighted by atomic mass is 10.0. The van der Waals surface area contributed by atoms with E-state index in [-0.39, 0.29) is 23.9 Å². The zero-order valence-corrected chi connectivity index (χ0v) is 19.3. The van der Waals surface area contributed by atoms with Gasteiger partial charge in [-0.25, -0.2) is 0 Å². The van der Waals surface area contributed by atoms with Crippen LogP contribution >= 0.6 is 11.6 Å². The highest BCUT2D eigenvalue weighted by atomic mass is 35.5. The van der Waals surface area contributed by atoms with Crippen molar-refractivity contribution >= 4 is 23.4 Å². The molecule has 2 amide bonds. The molecule has 7 heteroatoms. The molecule has 0 aromatic heterocycles. The van der Waals surface area contributed by atoms with Crippen LogP contribution in [0.5, 0.6) is 5.75 Å². The molecule has 2 atom stereocenters. The maximum absolute atomic E-state index is 12.8. The largest absolute Gasteiger partial charge is 0.495 e. The number of rotatable bonds is 11. The van der Waals surface area contributed by atoms with E-state index in [0.29, 0.717) is 23.7 Å². The van der Waals surface area contributed by atoms with E-state index >= 15 is 0 Å². The first kappa shape index (κ1) is 24.7. The predicted molar refractivity (Wildman–Crippen MR) is 124 cm³/mol. The van der Waals surface area contributed by atoms with Gasteiger partial charge in [0.2, 0.25) is 11.8 Å². The Bertz CT molecular complexity index is 858. The van der Waals surface area contributed by atoms with E-state index in [2.05, 4.69) is 16.0 Å². The number of benzene rings is 2. The molecule has 0 saturated heterocycles. The average molecular weight is 446 g/mol. The van der Waals surface area contributed by atoms with Gasteiger partial charge in [0.1, 0.15) is 11.8 Å².